The Hall–Kier alpha value is -4.50. The summed E-state index contributed by atoms with van der Waals surface area (Å²) >= 11 is 0. The second-order valence-electron chi connectivity index (χ2n) is 9.55. The number of benzene rings is 3. The molecule has 1 atom stereocenters. The maximum Gasteiger partial charge on any atom is 0.335 e. The molecule has 202 valence electrons. The Morgan fingerprint density at radius 3 is 2.38 bits per heavy atom. The molecule has 2 amide bonds. The van der Waals surface area contributed by atoms with Gasteiger partial charge in [0.15, 0.2) is 0 Å². The zero-order valence-electron chi connectivity index (χ0n) is 21.8. The molecule has 0 radical (unpaired) electrons. The molecule has 0 aliphatic heterocycles. The minimum atomic E-state index is -1.00. The maximum atomic E-state index is 13.5. The van der Waals surface area contributed by atoms with Crippen molar-refractivity contribution in [3.05, 3.63) is 101 Å². The molecule has 4 N–H and O–H groups in total. The molecule has 0 saturated carbocycles. The molecule has 1 aromatic heterocycles. The first-order chi connectivity index (χ1) is 18.9. The summed E-state index contributed by atoms with van der Waals surface area (Å²) in [6.07, 6.45) is 4.36. The van der Waals surface area contributed by atoms with Gasteiger partial charge in [-0.25, -0.2) is 15.3 Å². The van der Waals surface area contributed by atoms with E-state index in [1.165, 1.54) is 18.3 Å². The molecular weight excluding hydrogens is 496 g/mol. The summed E-state index contributed by atoms with van der Waals surface area (Å²) in [5.74, 6) is -1.23. The molecule has 1 unspecified atom stereocenters. The largest absolute Gasteiger partial charge is 0.478 e. The number of hydrogen-bond acceptors (Lipinski definition) is 5. The summed E-state index contributed by atoms with van der Waals surface area (Å²) in [6.45, 7) is 2.42. The SMILES string of the molecule is CCCCc1ncc(C(=O)NC(CC(=O)NO)Cc2ccc3ccccc3c2)n1Cc1ccc(C(=O)O)cc1. The first-order valence-electron chi connectivity index (χ1n) is 13.0. The highest BCUT2D eigenvalue weighted by molar-refractivity contribution is 5.93. The molecule has 0 spiro atoms. The van der Waals surface area contributed by atoms with Gasteiger partial charge in [0.1, 0.15) is 11.5 Å². The Morgan fingerprint density at radius 2 is 1.69 bits per heavy atom. The van der Waals surface area contributed by atoms with E-state index in [4.69, 9.17) is 5.21 Å². The minimum absolute atomic E-state index is 0.109. The van der Waals surface area contributed by atoms with E-state index in [2.05, 4.69) is 17.2 Å². The third kappa shape index (κ3) is 7.08. The monoisotopic (exact) mass is 528 g/mol. The smallest absolute Gasteiger partial charge is 0.335 e. The van der Waals surface area contributed by atoms with Crippen LogP contribution in [0.25, 0.3) is 10.8 Å². The quantitative estimate of drug-likeness (QED) is 0.159. The standard InChI is InChI=1S/C30H32N4O5/c1-2-3-8-27-31-18-26(34(27)19-20-9-13-23(14-10-20)30(37)38)29(36)32-25(17-28(35)33-39)16-21-11-12-22-6-4-5-7-24(22)15-21/h4-7,9-15,18,25,39H,2-3,8,16-17,19H2,1H3,(H,32,36)(H,33,35)(H,37,38). The summed E-state index contributed by atoms with van der Waals surface area (Å²) < 4.78 is 1.83. The number of nitrogens with one attached hydrogen (secondary N) is 2. The Kier molecular flexibility index (Phi) is 9.06. The van der Waals surface area contributed by atoms with Gasteiger partial charge in [0.05, 0.1) is 11.8 Å². The number of imidazole rings is 1. The number of hydroxylamine groups is 1. The van der Waals surface area contributed by atoms with Crippen molar-refractivity contribution in [2.75, 3.05) is 0 Å². The van der Waals surface area contributed by atoms with Crippen LogP contribution in [0.15, 0.2) is 72.9 Å². The second kappa shape index (κ2) is 12.8. The molecule has 0 bridgehead atoms. The van der Waals surface area contributed by atoms with E-state index in [0.29, 0.717) is 25.1 Å². The highest BCUT2D eigenvalue weighted by Gasteiger charge is 2.22. The predicted molar refractivity (Wildman–Crippen MR) is 147 cm³/mol. The van der Waals surface area contributed by atoms with Gasteiger partial charge >= 0.3 is 5.97 Å². The molecule has 4 aromatic rings. The van der Waals surface area contributed by atoms with Crippen molar-refractivity contribution in [1.82, 2.24) is 20.3 Å². The Balaban J connectivity index is 1.58. The van der Waals surface area contributed by atoms with Gasteiger partial charge < -0.3 is 15.0 Å². The van der Waals surface area contributed by atoms with Crippen LogP contribution in [-0.4, -0.2) is 43.7 Å². The third-order valence-electron chi connectivity index (χ3n) is 6.65. The number of carboxylic acids is 1. The Bertz CT molecular complexity index is 1460. The summed E-state index contributed by atoms with van der Waals surface area (Å²) in [6, 6.07) is 19.9. The number of hydrogen-bond donors (Lipinski definition) is 4. The number of aromatic nitrogens is 2. The topological polar surface area (TPSA) is 134 Å². The summed E-state index contributed by atoms with van der Waals surface area (Å²) in [5, 5.41) is 23.4. The van der Waals surface area contributed by atoms with Crippen LogP contribution in [0, 0.1) is 0 Å². The first kappa shape index (κ1) is 27.5. The van der Waals surface area contributed by atoms with Gasteiger partial charge in [0.2, 0.25) is 5.91 Å². The number of carbonyl (C=O) groups excluding carboxylic acids is 2. The van der Waals surface area contributed by atoms with E-state index in [1.807, 2.05) is 47.0 Å². The normalized spacial score (nSPS) is 11.7. The van der Waals surface area contributed by atoms with Crippen molar-refractivity contribution >= 4 is 28.6 Å². The number of carbonyl (C=O) groups is 3. The number of carboxylic acid groups (broad SMARTS) is 1. The summed E-state index contributed by atoms with van der Waals surface area (Å²) in [7, 11) is 0. The average Bonchev–Trinajstić information content (AvgIpc) is 3.34. The lowest BCUT2D eigenvalue weighted by Crippen LogP contribution is -2.41. The number of aryl methyl sites for hydroxylation is 1. The fourth-order valence-electron chi connectivity index (χ4n) is 4.59. The molecule has 9 heteroatoms. The number of unbranched alkanes of at least 4 members (excludes halogenated alkanes) is 1. The molecule has 0 fully saturated rings. The van der Waals surface area contributed by atoms with Crippen LogP contribution in [0.5, 0.6) is 0 Å². The lowest BCUT2D eigenvalue weighted by atomic mass is 9.99. The lowest BCUT2D eigenvalue weighted by Gasteiger charge is -2.19. The van der Waals surface area contributed by atoms with Crippen LogP contribution >= 0.6 is 0 Å². The number of fused-ring (bicyclic) bond motifs is 1. The van der Waals surface area contributed by atoms with Crippen LogP contribution < -0.4 is 10.8 Å². The fraction of sp³-hybridized carbons (Fsp3) is 0.267. The van der Waals surface area contributed by atoms with E-state index >= 15 is 0 Å². The fourth-order valence-corrected chi connectivity index (χ4v) is 4.59. The molecule has 1 heterocycles. The van der Waals surface area contributed by atoms with Crippen molar-refractivity contribution in [3.63, 3.8) is 0 Å². The van der Waals surface area contributed by atoms with Gasteiger partial charge in [0, 0.05) is 25.4 Å². The van der Waals surface area contributed by atoms with E-state index < -0.39 is 17.9 Å². The van der Waals surface area contributed by atoms with E-state index in [9.17, 15) is 19.5 Å². The number of amides is 2. The van der Waals surface area contributed by atoms with E-state index in [-0.39, 0.29) is 17.9 Å². The zero-order valence-corrected chi connectivity index (χ0v) is 21.8. The Labute approximate surface area is 226 Å². The van der Waals surface area contributed by atoms with Gasteiger partial charge in [-0.1, -0.05) is 67.9 Å². The Morgan fingerprint density at radius 1 is 0.974 bits per heavy atom. The minimum Gasteiger partial charge on any atom is -0.478 e. The summed E-state index contributed by atoms with van der Waals surface area (Å²) in [5.41, 5.74) is 3.96. The van der Waals surface area contributed by atoms with E-state index in [0.717, 1.165) is 40.6 Å². The van der Waals surface area contributed by atoms with Crippen LogP contribution in [0.2, 0.25) is 0 Å². The van der Waals surface area contributed by atoms with Gasteiger partial charge in [-0.2, -0.15) is 0 Å². The van der Waals surface area contributed by atoms with Gasteiger partial charge in [-0.05, 0) is 46.9 Å². The molecule has 39 heavy (non-hydrogen) atoms. The highest BCUT2D eigenvalue weighted by Crippen LogP contribution is 2.19. The van der Waals surface area contributed by atoms with Crippen molar-refractivity contribution in [2.24, 2.45) is 0 Å². The number of rotatable bonds is 12. The zero-order chi connectivity index (χ0) is 27.8. The lowest BCUT2D eigenvalue weighted by molar-refractivity contribution is -0.129. The van der Waals surface area contributed by atoms with Crippen LogP contribution in [0.3, 0.4) is 0 Å². The molecule has 0 aliphatic rings. The average molecular weight is 529 g/mol. The number of nitrogens with zero attached hydrogens (tertiary/aromatic N) is 2. The third-order valence-corrected chi connectivity index (χ3v) is 6.65. The van der Waals surface area contributed by atoms with Crippen molar-refractivity contribution in [1.29, 1.82) is 0 Å². The first-order valence-corrected chi connectivity index (χ1v) is 13.0. The summed E-state index contributed by atoms with van der Waals surface area (Å²) in [4.78, 5) is 41.3. The predicted octanol–water partition coefficient (Wildman–Crippen LogP) is 4.36. The second-order valence-corrected chi connectivity index (χ2v) is 9.55. The van der Waals surface area contributed by atoms with Gasteiger partial charge in [-0.3, -0.25) is 14.8 Å². The molecule has 0 saturated heterocycles. The molecule has 4 rings (SSSR count). The molecule has 9 nitrogen and oxygen atoms in total. The molecular formula is C30H32N4O5. The van der Waals surface area contributed by atoms with Crippen molar-refractivity contribution in [3.8, 4) is 0 Å². The van der Waals surface area contributed by atoms with Crippen LogP contribution in [0.1, 0.15) is 64.0 Å². The molecule has 0 aliphatic carbocycles. The number of aromatic carboxylic acids is 1. The van der Waals surface area contributed by atoms with Crippen molar-refractivity contribution < 1.29 is 24.7 Å². The van der Waals surface area contributed by atoms with Crippen molar-refractivity contribution in [2.45, 2.75) is 51.6 Å². The van der Waals surface area contributed by atoms with Crippen LogP contribution in [-0.2, 0) is 24.2 Å². The highest BCUT2D eigenvalue weighted by atomic mass is 16.5. The van der Waals surface area contributed by atoms with Gasteiger partial charge in [-0.15, -0.1) is 0 Å². The van der Waals surface area contributed by atoms with Gasteiger partial charge in [0.25, 0.3) is 5.91 Å². The maximum absolute atomic E-state index is 13.5. The van der Waals surface area contributed by atoms with E-state index in [1.54, 1.807) is 17.6 Å². The van der Waals surface area contributed by atoms with Crippen LogP contribution in [0.4, 0.5) is 0 Å². The molecule has 3 aromatic carbocycles.